The van der Waals surface area contributed by atoms with Crippen LogP contribution in [0, 0.1) is 11.2 Å². The molecule has 1 N–H and O–H groups in total. The molecule has 3 heteroatoms. The van der Waals surface area contributed by atoms with Crippen LogP contribution in [0.4, 0.5) is 4.39 Å². The smallest absolute Gasteiger partial charge is 0.123 e. The SMILES string of the molecule is CC(C)(C)C(C)(O)Cc1cc(F)ccc1Br. The third kappa shape index (κ3) is 3.05. The van der Waals surface area contributed by atoms with Crippen molar-refractivity contribution < 1.29 is 9.50 Å². The summed E-state index contributed by atoms with van der Waals surface area (Å²) in [6.07, 6.45) is 0.425. The van der Waals surface area contributed by atoms with Crippen molar-refractivity contribution in [3.63, 3.8) is 0 Å². The van der Waals surface area contributed by atoms with E-state index in [9.17, 15) is 9.50 Å². The van der Waals surface area contributed by atoms with Gasteiger partial charge in [0.2, 0.25) is 0 Å². The first kappa shape index (κ1) is 13.7. The van der Waals surface area contributed by atoms with Crippen LogP contribution in [-0.2, 0) is 6.42 Å². The van der Waals surface area contributed by atoms with E-state index in [4.69, 9.17) is 0 Å². The Hall–Kier alpha value is -0.410. The summed E-state index contributed by atoms with van der Waals surface area (Å²) in [4.78, 5) is 0. The van der Waals surface area contributed by atoms with Crippen LogP contribution >= 0.6 is 15.9 Å². The monoisotopic (exact) mass is 288 g/mol. The minimum Gasteiger partial charge on any atom is -0.389 e. The molecule has 90 valence electrons. The van der Waals surface area contributed by atoms with Crippen LogP contribution in [0.5, 0.6) is 0 Å². The fraction of sp³-hybridized carbons (Fsp3) is 0.538. The minimum absolute atomic E-state index is 0.251. The zero-order valence-corrected chi connectivity index (χ0v) is 11.7. The summed E-state index contributed by atoms with van der Waals surface area (Å²) in [6, 6.07) is 4.53. The summed E-state index contributed by atoms with van der Waals surface area (Å²) in [5.41, 5.74) is -0.331. The first-order valence-corrected chi connectivity index (χ1v) is 6.09. The van der Waals surface area contributed by atoms with E-state index >= 15 is 0 Å². The number of rotatable bonds is 2. The molecule has 0 aromatic heterocycles. The number of halogens is 2. The largest absolute Gasteiger partial charge is 0.389 e. The number of hydrogen-bond acceptors (Lipinski definition) is 1. The fourth-order valence-corrected chi connectivity index (χ4v) is 1.70. The van der Waals surface area contributed by atoms with Crippen LogP contribution in [0.25, 0.3) is 0 Å². The quantitative estimate of drug-likeness (QED) is 0.874. The molecule has 1 atom stereocenters. The second kappa shape index (κ2) is 4.46. The zero-order chi connectivity index (χ0) is 12.6. The predicted molar refractivity (Wildman–Crippen MR) is 67.9 cm³/mol. The Morgan fingerprint density at radius 2 is 1.81 bits per heavy atom. The van der Waals surface area contributed by atoms with E-state index in [1.54, 1.807) is 13.0 Å². The summed E-state index contributed by atoms with van der Waals surface area (Å²) in [6.45, 7) is 7.70. The Balaban J connectivity index is 3.01. The van der Waals surface area contributed by atoms with Gasteiger partial charge >= 0.3 is 0 Å². The summed E-state index contributed by atoms with van der Waals surface area (Å²) in [5.74, 6) is -0.275. The highest BCUT2D eigenvalue weighted by Gasteiger charge is 2.35. The predicted octanol–water partition coefficient (Wildman–Crippen LogP) is 3.93. The van der Waals surface area contributed by atoms with Crippen molar-refractivity contribution in [2.75, 3.05) is 0 Å². The van der Waals surface area contributed by atoms with Crippen molar-refractivity contribution in [1.82, 2.24) is 0 Å². The van der Waals surface area contributed by atoms with Gasteiger partial charge in [-0.3, -0.25) is 0 Å². The van der Waals surface area contributed by atoms with Crippen LogP contribution in [0.3, 0.4) is 0 Å². The molecular weight excluding hydrogens is 271 g/mol. The third-order valence-corrected chi connectivity index (χ3v) is 3.93. The molecule has 0 spiro atoms. The van der Waals surface area contributed by atoms with Gasteiger partial charge in [-0.15, -0.1) is 0 Å². The van der Waals surface area contributed by atoms with Crippen molar-refractivity contribution in [3.05, 3.63) is 34.1 Å². The van der Waals surface area contributed by atoms with Crippen molar-refractivity contribution in [1.29, 1.82) is 0 Å². The molecule has 0 saturated carbocycles. The molecule has 0 amide bonds. The maximum Gasteiger partial charge on any atom is 0.123 e. The molecular formula is C13H18BrFO. The van der Waals surface area contributed by atoms with Crippen LogP contribution in [0.1, 0.15) is 33.3 Å². The van der Waals surface area contributed by atoms with Gasteiger partial charge in [-0.05, 0) is 36.1 Å². The van der Waals surface area contributed by atoms with E-state index < -0.39 is 5.60 Å². The molecule has 1 nitrogen and oxygen atoms in total. The summed E-state index contributed by atoms with van der Waals surface area (Å²) in [5, 5.41) is 10.4. The van der Waals surface area contributed by atoms with Crippen LogP contribution in [-0.4, -0.2) is 10.7 Å². The van der Waals surface area contributed by atoms with Crippen molar-refractivity contribution in [2.24, 2.45) is 5.41 Å². The van der Waals surface area contributed by atoms with Gasteiger partial charge in [0.25, 0.3) is 0 Å². The summed E-state index contributed by atoms with van der Waals surface area (Å²) < 4.78 is 13.9. The first-order chi connectivity index (χ1) is 7.13. The summed E-state index contributed by atoms with van der Waals surface area (Å²) >= 11 is 3.37. The topological polar surface area (TPSA) is 20.2 Å². The second-order valence-corrected chi connectivity index (χ2v) is 6.29. The molecule has 16 heavy (non-hydrogen) atoms. The van der Waals surface area contributed by atoms with Gasteiger partial charge in [-0.25, -0.2) is 4.39 Å². The molecule has 0 bridgehead atoms. The van der Waals surface area contributed by atoms with Gasteiger partial charge in [0.15, 0.2) is 0 Å². The maximum absolute atomic E-state index is 13.1. The lowest BCUT2D eigenvalue weighted by atomic mass is 9.74. The number of aliphatic hydroxyl groups is 1. The van der Waals surface area contributed by atoms with Crippen molar-refractivity contribution in [3.8, 4) is 0 Å². The van der Waals surface area contributed by atoms with Crippen LogP contribution in [0.2, 0.25) is 0 Å². The van der Waals surface area contributed by atoms with E-state index in [2.05, 4.69) is 15.9 Å². The van der Waals surface area contributed by atoms with Crippen molar-refractivity contribution >= 4 is 15.9 Å². The lowest BCUT2D eigenvalue weighted by molar-refractivity contribution is -0.0407. The molecule has 0 saturated heterocycles. The highest BCUT2D eigenvalue weighted by atomic mass is 79.9. The normalized spacial score (nSPS) is 15.9. The van der Waals surface area contributed by atoms with Gasteiger partial charge in [-0.2, -0.15) is 0 Å². The molecule has 0 aliphatic carbocycles. The Morgan fingerprint density at radius 1 is 1.25 bits per heavy atom. The molecule has 0 radical (unpaired) electrons. The van der Waals surface area contributed by atoms with Gasteiger partial charge in [0, 0.05) is 10.9 Å². The van der Waals surface area contributed by atoms with E-state index in [-0.39, 0.29) is 11.2 Å². The molecule has 1 unspecified atom stereocenters. The molecule has 1 aromatic carbocycles. The lowest BCUT2D eigenvalue weighted by Crippen LogP contribution is -2.41. The van der Waals surface area contributed by atoms with Gasteiger partial charge in [0.05, 0.1) is 5.60 Å². The average molecular weight is 289 g/mol. The third-order valence-electron chi connectivity index (χ3n) is 3.16. The highest BCUT2D eigenvalue weighted by Crippen LogP contribution is 2.34. The summed E-state index contributed by atoms with van der Waals surface area (Å²) in [7, 11) is 0. The minimum atomic E-state index is -0.872. The Kier molecular flexibility index (Phi) is 3.80. The van der Waals surface area contributed by atoms with E-state index in [0.717, 1.165) is 10.0 Å². The highest BCUT2D eigenvalue weighted by molar-refractivity contribution is 9.10. The lowest BCUT2D eigenvalue weighted by Gasteiger charge is -2.37. The van der Waals surface area contributed by atoms with Crippen LogP contribution < -0.4 is 0 Å². The van der Waals surface area contributed by atoms with Gasteiger partial charge < -0.3 is 5.11 Å². The molecule has 0 fully saturated rings. The molecule has 0 heterocycles. The Morgan fingerprint density at radius 3 is 2.31 bits per heavy atom. The Bertz CT molecular complexity index is 380. The first-order valence-electron chi connectivity index (χ1n) is 5.30. The fourth-order valence-electron chi connectivity index (χ4n) is 1.31. The number of benzene rings is 1. The molecule has 1 rings (SSSR count). The average Bonchev–Trinajstić information content (AvgIpc) is 2.09. The maximum atomic E-state index is 13.1. The van der Waals surface area contributed by atoms with Crippen molar-refractivity contribution in [2.45, 2.75) is 39.7 Å². The Labute approximate surface area is 105 Å². The van der Waals surface area contributed by atoms with Gasteiger partial charge in [-0.1, -0.05) is 36.7 Å². The molecule has 0 aliphatic heterocycles. The standard InChI is InChI=1S/C13H18BrFO/c1-12(2,3)13(4,16)8-9-7-10(15)5-6-11(9)14/h5-7,16H,8H2,1-4H3. The van der Waals surface area contributed by atoms with E-state index in [0.29, 0.717) is 6.42 Å². The molecule has 0 aliphatic rings. The van der Waals surface area contributed by atoms with E-state index in [1.165, 1.54) is 12.1 Å². The second-order valence-electron chi connectivity index (χ2n) is 5.44. The van der Waals surface area contributed by atoms with Gasteiger partial charge in [0.1, 0.15) is 5.82 Å². The number of hydrogen-bond donors (Lipinski definition) is 1. The van der Waals surface area contributed by atoms with Crippen LogP contribution in [0.15, 0.2) is 22.7 Å². The zero-order valence-electron chi connectivity index (χ0n) is 10.1. The van der Waals surface area contributed by atoms with E-state index in [1.807, 2.05) is 20.8 Å². The molecule has 1 aromatic rings.